The highest BCUT2D eigenvalue weighted by Crippen LogP contribution is 2.29. The molecule has 0 heterocycles. The normalized spacial score (nSPS) is 12.7. The lowest BCUT2D eigenvalue weighted by Crippen LogP contribution is -2.25. The molecule has 0 saturated carbocycles. The quantitative estimate of drug-likeness (QED) is 0.314. The maximum absolute atomic E-state index is 11.5. The van der Waals surface area contributed by atoms with E-state index in [1.54, 1.807) is 11.8 Å². The van der Waals surface area contributed by atoms with Crippen LogP contribution in [0.25, 0.3) is 0 Å². The summed E-state index contributed by atoms with van der Waals surface area (Å²) in [5, 5.41) is 19.8. The molecule has 0 saturated heterocycles. The molecule has 0 aromatic heterocycles. The summed E-state index contributed by atoms with van der Waals surface area (Å²) in [5.41, 5.74) is -0.0234. The highest BCUT2D eigenvalue weighted by Gasteiger charge is 2.21. The van der Waals surface area contributed by atoms with E-state index < -0.39 is 14.9 Å². The van der Waals surface area contributed by atoms with Crippen LogP contribution in [0.2, 0.25) is 0 Å². The van der Waals surface area contributed by atoms with E-state index in [2.05, 4.69) is 10.2 Å². The highest BCUT2D eigenvalue weighted by atomic mass is 32.2. The highest BCUT2D eigenvalue weighted by molar-refractivity contribution is 7.99. The number of nitrogens with one attached hydrogen (secondary N) is 1. The van der Waals surface area contributed by atoms with Gasteiger partial charge in [0.2, 0.25) is 10.0 Å². The first kappa shape index (κ1) is 23.1. The maximum Gasteiger partial charge on any atom is 0.293 e. The molecule has 29 heavy (non-hydrogen) atoms. The van der Waals surface area contributed by atoms with Crippen LogP contribution in [-0.4, -0.2) is 50.7 Å². The fourth-order valence-electron chi connectivity index (χ4n) is 2.75. The third kappa shape index (κ3) is 7.65. The Morgan fingerprint density at radius 2 is 1.90 bits per heavy atom. The lowest BCUT2D eigenvalue weighted by atomic mass is 10.1. The number of anilines is 1. The summed E-state index contributed by atoms with van der Waals surface area (Å²) >= 11 is 1.67. The fraction of sp³-hybridized carbons (Fsp3) is 0.368. The number of thioether (sulfide) groups is 1. The van der Waals surface area contributed by atoms with Crippen LogP contribution in [0.3, 0.4) is 0 Å². The molecule has 2 aromatic carbocycles. The van der Waals surface area contributed by atoms with Gasteiger partial charge in [0, 0.05) is 22.8 Å². The summed E-state index contributed by atoms with van der Waals surface area (Å²) in [5.74, 6) is 0.714. The van der Waals surface area contributed by atoms with Crippen molar-refractivity contribution in [3.05, 3.63) is 58.6 Å². The number of nitrogens with zero attached hydrogens (tertiary/aromatic N) is 2. The summed E-state index contributed by atoms with van der Waals surface area (Å²) in [7, 11) is -0.0199. The molecule has 0 aliphatic rings. The summed E-state index contributed by atoms with van der Waals surface area (Å²) < 4.78 is 23.1. The van der Waals surface area contributed by atoms with Crippen LogP contribution >= 0.6 is 11.8 Å². The molecule has 2 rings (SSSR count). The molecule has 0 bridgehead atoms. The number of hydrogen-bond donors (Lipinski definition) is 2. The van der Waals surface area contributed by atoms with Gasteiger partial charge in [0.15, 0.2) is 0 Å². The average Bonchev–Trinajstić information content (AvgIpc) is 2.65. The molecule has 1 unspecified atom stereocenters. The van der Waals surface area contributed by atoms with Gasteiger partial charge in [0.25, 0.3) is 5.69 Å². The number of benzene rings is 2. The van der Waals surface area contributed by atoms with E-state index >= 15 is 0 Å². The Labute approximate surface area is 175 Å². The Morgan fingerprint density at radius 1 is 1.21 bits per heavy atom. The minimum absolute atomic E-state index is 0.0285. The van der Waals surface area contributed by atoms with Gasteiger partial charge in [-0.25, -0.2) is 13.6 Å². The van der Waals surface area contributed by atoms with Gasteiger partial charge < -0.3 is 10.2 Å². The number of rotatable bonds is 11. The predicted molar refractivity (Wildman–Crippen MR) is 117 cm³/mol. The molecule has 0 radical (unpaired) electrons. The lowest BCUT2D eigenvalue weighted by Gasteiger charge is -2.21. The largest absolute Gasteiger partial charge is 0.376 e. The van der Waals surface area contributed by atoms with Crippen LogP contribution in [0.1, 0.15) is 12.8 Å². The number of nitro groups is 1. The molecule has 2 aromatic rings. The summed E-state index contributed by atoms with van der Waals surface area (Å²) in [6.45, 7) is 0.903. The van der Waals surface area contributed by atoms with E-state index in [4.69, 9.17) is 5.14 Å². The molecule has 0 aliphatic carbocycles. The monoisotopic (exact) mass is 438 g/mol. The first-order chi connectivity index (χ1) is 13.7. The topological polar surface area (TPSA) is 119 Å². The second-order valence-electron chi connectivity index (χ2n) is 6.89. The van der Waals surface area contributed by atoms with Crippen molar-refractivity contribution < 1.29 is 13.3 Å². The van der Waals surface area contributed by atoms with E-state index in [0.717, 1.165) is 30.3 Å². The Balaban J connectivity index is 2.20. The van der Waals surface area contributed by atoms with Crippen molar-refractivity contribution in [2.75, 3.05) is 31.7 Å². The molecule has 0 fully saturated rings. The van der Waals surface area contributed by atoms with Crippen molar-refractivity contribution >= 4 is 33.2 Å². The second kappa shape index (κ2) is 10.6. The smallest absolute Gasteiger partial charge is 0.293 e. The van der Waals surface area contributed by atoms with E-state index in [9.17, 15) is 18.5 Å². The van der Waals surface area contributed by atoms with Crippen molar-refractivity contribution in [3.63, 3.8) is 0 Å². The Bertz CT molecular complexity index is 921. The molecule has 1 atom stereocenters. The number of hydrogen-bond acceptors (Lipinski definition) is 7. The van der Waals surface area contributed by atoms with Crippen molar-refractivity contribution in [1.82, 2.24) is 4.90 Å². The molecule has 10 heteroatoms. The van der Waals surface area contributed by atoms with E-state index in [1.165, 1.54) is 12.1 Å². The Morgan fingerprint density at radius 3 is 2.48 bits per heavy atom. The maximum atomic E-state index is 11.5. The SMILES string of the molecule is CN(C)CCCC(CSc1ccccc1)Nc1ccc(S(N)(=O)=O)cc1[N+](=O)[O-]. The Kier molecular flexibility index (Phi) is 8.45. The van der Waals surface area contributed by atoms with Gasteiger partial charge in [-0.15, -0.1) is 11.8 Å². The van der Waals surface area contributed by atoms with Crippen molar-refractivity contribution in [3.8, 4) is 0 Å². The predicted octanol–water partition coefficient (Wildman–Crippen LogP) is 3.16. The van der Waals surface area contributed by atoms with Gasteiger partial charge >= 0.3 is 0 Å². The van der Waals surface area contributed by atoms with Crippen LogP contribution < -0.4 is 10.5 Å². The minimum atomic E-state index is -4.02. The first-order valence-corrected chi connectivity index (χ1v) is 11.6. The van der Waals surface area contributed by atoms with Crippen molar-refractivity contribution in [2.45, 2.75) is 28.7 Å². The number of primary sulfonamides is 1. The molecule has 3 N–H and O–H groups in total. The van der Waals surface area contributed by atoms with Gasteiger partial charge in [-0.1, -0.05) is 18.2 Å². The second-order valence-corrected chi connectivity index (χ2v) is 9.55. The van der Waals surface area contributed by atoms with Crippen molar-refractivity contribution in [2.24, 2.45) is 5.14 Å². The zero-order valence-corrected chi connectivity index (χ0v) is 18.1. The number of nitro benzene ring substituents is 1. The van der Waals surface area contributed by atoms with Crippen molar-refractivity contribution in [1.29, 1.82) is 0 Å². The third-order valence-electron chi connectivity index (χ3n) is 4.21. The van der Waals surface area contributed by atoms with Crippen LogP contribution in [0.5, 0.6) is 0 Å². The molecular formula is C19H26N4O4S2. The molecule has 0 spiro atoms. The van der Waals surface area contributed by atoms with Crippen LogP contribution in [0.15, 0.2) is 58.3 Å². The van der Waals surface area contributed by atoms with Gasteiger partial charge in [-0.2, -0.15) is 0 Å². The number of nitrogens with two attached hydrogens (primary N) is 1. The number of sulfonamides is 1. The Hall–Kier alpha value is -2.14. The van der Waals surface area contributed by atoms with Crippen LogP contribution in [0, 0.1) is 10.1 Å². The molecule has 0 aliphatic heterocycles. The molecule has 8 nitrogen and oxygen atoms in total. The standard InChI is InChI=1S/C19H26N4O4S2/c1-22(2)12-6-7-15(14-28-16-8-4-3-5-9-16)21-18-11-10-17(29(20,26)27)13-19(18)23(24)25/h3-5,8-11,13,15,21H,6-7,12,14H2,1-2H3,(H2,20,26,27). The summed E-state index contributed by atoms with van der Waals surface area (Å²) in [4.78, 5) is 13.8. The lowest BCUT2D eigenvalue weighted by molar-refractivity contribution is -0.384. The van der Waals surface area contributed by atoms with E-state index in [-0.39, 0.29) is 22.3 Å². The van der Waals surface area contributed by atoms with Gasteiger partial charge in [-0.05, 0) is 57.7 Å². The van der Waals surface area contributed by atoms with E-state index in [1.807, 2.05) is 44.4 Å². The van der Waals surface area contributed by atoms with Gasteiger partial charge in [0.05, 0.1) is 9.82 Å². The van der Waals surface area contributed by atoms with E-state index in [0.29, 0.717) is 5.75 Å². The molecular weight excluding hydrogens is 412 g/mol. The van der Waals surface area contributed by atoms with Crippen LogP contribution in [0.4, 0.5) is 11.4 Å². The zero-order chi connectivity index (χ0) is 21.4. The van der Waals surface area contributed by atoms with Gasteiger partial charge in [-0.3, -0.25) is 10.1 Å². The summed E-state index contributed by atoms with van der Waals surface area (Å²) in [6.07, 6.45) is 1.73. The zero-order valence-electron chi connectivity index (χ0n) is 16.4. The van der Waals surface area contributed by atoms with Gasteiger partial charge in [0.1, 0.15) is 5.69 Å². The third-order valence-corrected chi connectivity index (χ3v) is 6.29. The molecule has 158 valence electrons. The summed E-state index contributed by atoms with van der Waals surface area (Å²) in [6, 6.07) is 13.6. The average molecular weight is 439 g/mol. The minimum Gasteiger partial charge on any atom is -0.376 e. The van der Waals surface area contributed by atoms with Crippen LogP contribution in [-0.2, 0) is 10.0 Å². The molecule has 0 amide bonds. The first-order valence-electron chi connectivity index (χ1n) is 9.07. The fourth-order valence-corrected chi connectivity index (χ4v) is 4.27.